The van der Waals surface area contributed by atoms with Crippen molar-refractivity contribution in [1.29, 1.82) is 0 Å². The number of carbonyl (C=O) groups excluding carboxylic acids is 1. The Morgan fingerprint density at radius 3 is 2.45 bits per heavy atom. The molecule has 1 aliphatic heterocycles. The molecule has 1 aromatic rings. The topological polar surface area (TPSA) is 69.7 Å². The highest BCUT2D eigenvalue weighted by atomic mass is 32.2. The minimum atomic E-state index is -3.57. The first-order chi connectivity index (χ1) is 9.29. The van der Waals surface area contributed by atoms with Crippen molar-refractivity contribution in [2.75, 3.05) is 25.5 Å². The molecule has 1 heterocycles. The standard InChI is InChI=1S/C12H16FN3O3S/c1-15(2)20(18,19)14-10-7-12(17)16(8-10)11-5-3-9(13)4-6-11/h3-6,10,14H,7-8H2,1-2H3/t10-/m0/s1. The minimum absolute atomic E-state index is 0.0877. The van der Waals surface area contributed by atoms with Crippen molar-refractivity contribution in [3.63, 3.8) is 0 Å². The van der Waals surface area contributed by atoms with Gasteiger partial charge in [0.05, 0.1) is 0 Å². The summed E-state index contributed by atoms with van der Waals surface area (Å²) in [5.74, 6) is -0.576. The highest BCUT2D eigenvalue weighted by Gasteiger charge is 2.33. The number of nitrogens with zero attached hydrogens (tertiary/aromatic N) is 2. The molecule has 8 heteroatoms. The maximum atomic E-state index is 12.9. The Hall–Kier alpha value is -1.51. The molecule has 1 saturated heterocycles. The summed E-state index contributed by atoms with van der Waals surface area (Å²) in [5, 5.41) is 0. The van der Waals surface area contributed by atoms with Gasteiger partial charge in [-0.3, -0.25) is 4.79 Å². The number of anilines is 1. The first-order valence-electron chi connectivity index (χ1n) is 6.05. The minimum Gasteiger partial charge on any atom is -0.311 e. The van der Waals surface area contributed by atoms with Crippen molar-refractivity contribution < 1.29 is 17.6 Å². The van der Waals surface area contributed by atoms with Crippen LogP contribution in [0.2, 0.25) is 0 Å². The van der Waals surface area contributed by atoms with Crippen LogP contribution in [0.15, 0.2) is 24.3 Å². The fraction of sp³-hybridized carbons (Fsp3) is 0.417. The van der Waals surface area contributed by atoms with E-state index < -0.39 is 16.3 Å². The molecule has 0 bridgehead atoms. The van der Waals surface area contributed by atoms with Crippen molar-refractivity contribution in [2.45, 2.75) is 12.5 Å². The molecule has 2 rings (SSSR count). The molecule has 0 aliphatic carbocycles. The fourth-order valence-corrected chi connectivity index (χ4v) is 2.76. The molecule has 1 amide bonds. The smallest absolute Gasteiger partial charge is 0.279 e. The van der Waals surface area contributed by atoms with Gasteiger partial charge in [0.15, 0.2) is 0 Å². The summed E-state index contributed by atoms with van der Waals surface area (Å²) in [6.07, 6.45) is 0.0877. The van der Waals surface area contributed by atoms with E-state index in [2.05, 4.69) is 4.72 Å². The molecule has 6 nitrogen and oxygen atoms in total. The average Bonchev–Trinajstić information content (AvgIpc) is 2.70. The second-order valence-corrected chi connectivity index (χ2v) is 6.70. The SMILES string of the molecule is CN(C)S(=O)(=O)N[C@H]1CC(=O)N(c2ccc(F)cc2)C1. The van der Waals surface area contributed by atoms with Crippen molar-refractivity contribution in [2.24, 2.45) is 0 Å². The van der Waals surface area contributed by atoms with Crippen molar-refractivity contribution >= 4 is 21.8 Å². The summed E-state index contributed by atoms with van der Waals surface area (Å²) in [7, 11) is -0.746. The maximum absolute atomic E-state index is 12.9. The van der Waals surface area contributed by atoms with Gasteiger partial charge in [0.2, 0.25) is 5.91 Å². The predicted octanol–water partition coefficient (Wildman–Crippen LogP) is 0.327. The lowest BCUT2D eigenvalue weighted by Gasteiger charge is -2.18. The Bertz CT molecular complexity index is 601. The summed E-state index contributed by atoms with van der Waals surface area (Å²) in [6, 6.07) is 5.03. The fourth-order valence-electron chi connectivity index (χ4n) is 1.97. The van der Waals surface area contributed by atoms with E-state index in [1.807, 2.05) is 0 Å². The lowest BCUT2D eigenvalue weighted by molar-refractivity contribution is -0.117. The van der Waals surface area contributed by atoms with Gasteiger partial charge < -0.3 is 4.90 Å². The first-order valence-corrected chi connectivity index (χ1v) is 7.49. The summed E-state index contributed by atoms with van der Waals surface area (Å²) in [5.41, 5.74) is 0.558. The summed E-state index contributed by atoms with van der Waals surface area (Å²) >= 11 is 0. The van der Waals surface area contributed by atoms with Crippen LogP contribution in [0.5, 0.6) is 0 Å². The molecule has 1 N–H and O–H groups in total. The molecule has 0 unspecified atom stereocenters. The van der Waals surface area contributed by atoms with Crippen LogP contribution in [0.3, 0.4) is 0 Å². The van der Waals surface area contributed by atoms with Crippen LogP contribution in [0.25, 0.3) is 0 Å². The van der Waals surface area contributed by atoms with Gasteiger partial charge in [-0.05, 0) is 24.3 Å². The molecule has 0 spiro atoms. The van der Waals surface area contributed by atoms with Crippen LogP contribution < -0.4 is 9.62 Å². The number of rotatable bonds is 4. The zero-order valence-electron chi connectivity index (χ0n) is 11.2. The number of nitrogens with one attached hydrogen (secondary N) is 1. The molecule has 1 aromatic carbocycles. The van der Waals surface area contributed by atoms with Crippen LogP contribution in [-0.2, 0) is 15.0 Å². The molecule has 0 saturated carbocycles. The van der Waals surface area contributed by atoms with Crippen LogP contribution in [0, 0.1) is 5.82 Å². The Kier molecular flexibility index (Phi) is 4.07. The summed E-state index contributed by atoms with van der Waals surface area (Å²) in [4.78, 5) is 13.4. The van der Waals surface area contributed by atoms with E-state index in [1.54, 1.807) is 0 Å². The molecule has 20 heavy (non-hydrogen) atoms. The van der Waals surface area contributed by atoms with E-state index >= 15 is 0 Å². The summed E-state index contributed by atoms with van der Waals surface area (Å²) in [6.45, 7) is 0.234. The normalized spacial score (nSPS) is 19.9. The highest BCUT2D eigenvalue weighted by molar-refractivity contribution is 7.87. The number of hydrogen-bond acceptors (Lipinski definition) is 3. The van der Waals surface area contributed by atoms with E-state index in [0.717, 1.165) is 4.31 Å². The van der Waals surface area contributed by atoms with Gasteiger partial charge in [0.1, 0.15) is 5.82 Å². The lowest BCUT2D eigenvalue weighted by Crippen LogP contribution is -2.43. The van der Waals surface area contributed by atoms with Gasteiger partial charge in [0.25, 0.3) is 10.2 Å². The molecule has 110 valence electrons. The van der Waals surface area contributed by atoms with Crippen molar-refractivity contribution in [3.8, 4) is 0 Å². The maximum Gasteiger partial charge on any atom is 0.279 e. The third-order valence-electron chi connectivity index (χ3n) is 3.06. The number of benzene rings is 1. The Morgan fingerprint density at radius 1 is 1.30 bits per heavy atom. The Balaban J connectivity index is 2.10. The van der Waals surface area contributed by atoms with Gasteiger partial charge >= 0.3 is 0 Å². The Labute approximate surface area is 117 Å². The highest BCUT2D eigenvalue weighted by Crippen LogP contribution is 2.22. The average molecular weight is 301 g/mol. The van der Waals surface area contributed by atoms with E-state index in [9.17, 15) is 17.6 Å². The number of hydrogen-bond donors (Lipinski definition) is 1. The van der Waals surface area contributed by atoms with E-state index in [4.69, 9.17) is 0 Å². The predicted molar refractivity (Wildman–Crippen MR) is 72.9 cm³/mol. The zero-order chi connectivity index (χ0) is 14.9. The van der Waals surface area contributed by atoms with Crippen LogP contribution in [0.4, 0.5) is 10.1 Å². The van der Waals surface area contributed by atoms with E-state index in [1.165, 1.54) is 43.3 Å². The molecule has 0 radical (unpaired) electrons. The number of amides is 1. The molecular formula is C12H16FN3O3S. The van der Waals surface area contributed by atoms with Crippen LogP contribution >= 0.6 is 0 Å². The second-order valence-electron chi connectivity index (χ2n) is 4.79. The molecule has 1 aliphatic rings. The van der Waals surface area contributed by atoms with Gasteiger partial charge in [-0.15, -0.1) is 0 Å². The monoisotopic (exact) mass is 301 g/mol. The number of halogens is 1. The lowest BCUT2D eigenvalue weighted by atomic mass is 10.3. The zero-order valence-corrected chi connectivity index (χ0v) is 12.0. The molecule has 0 aromatic heterocycles. The van der Waals surface area contributed by atoms with Gasteiger partial charge in [0, 0.05) is 38.8 Å². The third-order valence-corrected chi connectivity index (χ3v) is 4.65. The first kappa shape index (κ1) is 14.9. The van der Waals surface area contributed by atoms with Gasteiger partial charge in [-0.1, -0.05) is 0 Å². The molecule has 1 fully saturated rings. The van der Waals surface area contributed by atoms with E-state index in [0.29, 0.717) is 5.69 Å². The second kappa shape index (κ2) is 5.47. The largest absolute Gasteiger partial charge is 0.311 e. The Morgan fingerprint density at radius 2 is 1.90 bits per heavy atom. The van der Waals surface area contributed by atoms with Gasteiger partial charge in [-0.2, -0.15) is 17.4 Å². The van der Waals surface area contributed by atoms with Gasteiger partial charge in [-0.25, -0.2) is 4.39 Å². The van der Waals surface area contributed by atoms with Crippen molar-refractivity contribution in [1.82, 2.24) is 9.03 Å². The quantitative estimate of drug-likeness (QED) is 0.871. The van der Waals surface area contributed by atoms with Crippen molar-refractivity contribution in [3.05, 3.63) is 30.1 Å². The van der Waals surface area contributed by atoms with Crippen LogP contribution in [-0.4, -0.2) is 45.3 Å². The van der Waals surface area contributed by atoms with Crippen LogP contribution in [0.1, 0.15) is 6.42 Å². The number of carbonyl (C=O) groups is 1. The third kappa shape index (κ3) is 3.14. The van der Waals surface area contributed by atoms with E-state index in [-0.39, 0.29) is 24.7 Å². The summed E-state index contributed by atoms with van der Waals surface area (Å²) < 4.78 is 39.8. The molecular weight excluding hydrogens is 285 g/mol. The molecule has 1 atom stereocenters.